The van der Waals surface area contributed by atoms with Crippen LogP contribution in [0.4, 0.5) is 5.69 Å². The molecule has 1 fully saturated rings. The summed E-state index contributed by atoms with van der Waals surface area (Å²) in [5.41, 5.74) is 0.987. The van der Waals surface area contributed by atoms with E-state index in [1.807, 2.05) is 0 Å². The molecule has 1 saturated heterocycles. The van der Waals surface area contributed by atoms with Gasteiger partial charge in [-0.05, 0) is 19.1 Å². The molecule has 1 heterocycles. The third kappa shape index (κ3) is 4.24. The summed E-state index contributed by atoms with van der Waals surface area (Å²) in [5, 5.41) is 16.9. The van der Waals surface area contributed by atoms with E-state index in [1.165, 1.54) is 12.1 Å². The van der Waals surface area contributed by atoms with Crippen molar-refractivity contribution < 1.29 is 9.72 Å². The van der Waals surface area contributed by atoms with Crippen LogP contribution in [-0.4, -0.2) is 55.0 Å². The van der Waals surface area contributed by atoms with E-state index in [9.17, 15) is 14.9 Å². The molecule has 0 bridgehead atoms. The minimum absolute atomic E-state index is 0.0346. The monoisotopic (exact) mass is 292 g/mol. The van der Waals surface area contributed by atoms with Gasteiger partial charge in [-0.3, -0.25) is 19.8 Å². The largest absolute Gasteiger partial charge is 0.351 e. The maximum absolute atomic E-state index is 12.0. The van der Waals surface area contributed by atoms with Crippen LogP contribution in [0.1, 0.15) is 15.9 Å². The number of nitrogens with one attached hydrogen (secondary N) is 2. The lowest BCUT2D eigenvalue weighted by Gasteiger charge is -2.27. The number of nitrogens with zero attached hydrogens (tertiary/aromatic N) is 2. The Balaban J connectivity index is 1.85. The topological polar surface area (TPSA) is 87.5 Å². The Morgan fingerprint density at radius 2 is 2.14 bits per heavy atom. The first-order valence-electron chi connectivity index (χ1n) is 7.04. The van der Waals surface area contributed by atoms with Crippen LogP contribution in [-0.2, 0) is 0 Å². The van der Waals surface area contributed by atoms with E-state index in [4.69, 9.17) is 0 Å². The lowest BCUT2D eigenvalue weighted by Crippen LogP contribution is -2.46. The number of benzene rings is 1. The van der Waals surface area contributed by atoms with E-state index in [0.29, 0.717) is 17.7 Å². The van der Waals surface area contributed by atoms with Gasteiger partial charge in [0, 0.05) is 56.5 Å². The molecule has 0 aromatic heterocycles. The summed E-state index contributed by atoms with van der Waals surface area (Å²) in [4.78, 5) is 24.6. The van der Waals surface area contributed by atoms with E-state index in [0.717, 1.165) is 32.7 Å². The lowest BCUT2D eigenvalue weighted by molar-refractivity contribution is -0.385. The van der Waals surface area contributed by atoms with Gasteiger partial charge in [-0.1, -0.05) is 0 Å². The number of carbonyl (C=O) groups excluding carboxylic acids is 1. The van der Waals surface area contributed by atoms with Gasteiger partial charge in [0.25, 0.3) is 11.6 Å². The fourth-order valence-corrected chi connectivity index (χ4v) is 2.37. The molecule has 0 aliphatic carbocycles. The van der Waals surface area contributed by atoms with E-state index in [2.05, 4.69) is 15.5 Å². The van der Waals surface area contributed by atoms with Gasteiger partial charge in [0.05, 0.1) is 4.92 Å². The highest BCUT2D eigenvalue weighted by molar-refractivity contribution is 5.94. The van der Waals surface area contributed by atoms with Crippen LogP contribution >= 0.6 is 0 Å². The molecular weight excluding hydrogens is 272 g/mol. The molecule has 1 aliphatic heterocycles. The molecular formula is C14H20N4O3. The Bertz CT molecular complexity index is 527. The zero-order valence-corrected chi connectivity index (χ0v) is 12.1. The second kappa shape index (κ2) is 7.14. The van der Waals surface area contributed by atoms with Crippen molar-refractivity contribution in [3.05, 3.63) is 39.4 Å². The Kier molecular flexibility index (Phi) is 5.24. The summed E-state index contributed by atoms with van der Waals surface area (Å²) in [7, 11) is 0. The lowest BCUT2D eigenvalue weighted by atomic mass is 10.1. The van der Waals surface area contributed by atoms with E-state index < -0.39 is 4.92 Å². The molecule has 0 saturated carbocycles. The molecule has 0 unspecified atom stereocenters. The van der Waals surface area contributed by atoms with Crippen molar-refractivity contribution >= 4 is 11.6 Å². The molecule has 21 heavy (non-hydrogen) atoms. The van der Waals surface area contributed by atoms with Crippen LogP contribution in [0, 0.1) is 17.0 Å². The van der Waals surface area contributed by atoms with Crippen molar-refractivity contribution in [3.8, 4) is 0 Å². The first kappa shape index (κ1) is 15.4. The number of rotatable bonds is 5. The smallest absolute Gasteiger partial charge is 0.272 e. The minimum atomic E-state index is -0.443. The first-order valence-corrected chi connectivity index (χ1v) is 7.04. The second-order valence-electron chi connectivity index (χ2n) is 5.11. The van der Waals surface area contributed by atoms with Crippen molar-refractivity contribution in [1.82, 2.24) is 15.5 Å². The van der Waals surface area contributed by atoms with Gasteiger partial charge in [0.1, 0.15) is 0 Å². The summed E-state index contributed by atoms with van der Waals surface area (Å²) in [6.07, 6.45) is 0. The first-order chi connectivity index (χ1) is 10.1. The number of amides is 1. The van der Waals surface area contributed by atoms with Crippen molar-refractivity contribution in [3.63, 3.8) is 0 Å². The normalized spacial score (nSPS) is 15.7. The standard InChI is InChI=1S/C14H20N4O3/c1-11-10-12(2-3-13(11)18(20)21)14(19)16-6-9-17-7-4-15-5-8-17/h2-3,10,15H,4-9H2,1H3,(H,16,19). The summed E-state index contributed by atoms with van der Waals surface area (Å²) in [6, 6.07) is 4.42. The van der Waals surface area contributed by atoms with Crippen LogP contribution in [0.15, 0.2) is 18.2 Å². The minimum Gasteiger partial charge on any atom is -0.351 e. The predicted octanol–water partition coefficient (Wildman–Crippen LogP) is 0.538. The molecule has 1 aromatic rings. The van der Waals surface area contributed by atoms with Crippen LogP contribution in [0.2, 0.25) is 0 Å². The fraction of sp³-hybridized carbons (Fsp3) is 0.500. The number of nitro groups is 1. The van der Waals surface area contributed by atoms with Crippen molar-refractivity contribution in [2.75, 3.05) is 39.3 Å². The van der Waals surface area contributed by atoms with Gasteiger partial charge < -0.3 is 10.6 Å². The average Bonchev–Trinajstić information content (AvgIpc) is 2.47. The Labute approximate surface area is 123 Å². The second-order valence-corrected chi connectivity index (χ2v) is 5.11. The van der Waals surface area contributed by atoms with Crippen molar-refractivity contribution in [2.45, 2.75) is 6.92 Å². The molecule has 1 aliphatic rings. The maximum Gasteiger partial charge on any atom is 0.272 e. The SMILES string of the molecule is Cc1cc(C(=O)NCCN2CCNCC2)ccc1[N+](=O)[O-]. The summed E-state index contributed by atoms with van der Waals surface area (Å²) in [5.74, 6) is -0.192. The molecule has 2 N–H and O–H groups in total. The molecule has 1 amide bonds. The Hall–Kier alpha value is -1.99. The molecule has 0 spiro atoms. The van der Waals surface area contributed by atoms with Gasteiger partial charge in [0.15, 0.2) is 0 Å². The highest BCUT2D eigenvalue weighted by Gasteiger charge is 2.14. The van der Waals surface area contributed by atoms with E-state index in [-0.39, 0.29) is 11.6 Å². The molecule has 7 heteroatoms. The zero-order valence-electron chi connectivity index (χ0n) is 12.1. The van der Waals surface area contributed by atoms with Gasteiger partial charge in [-0.25, -0.2) is 0 Å². The quantitative estimate of drug-likeness (QED) is 0.611. The maximum atomic E-state index is 12.0. The average molecular weight is 292 g/mol. The molecule has 7 nitrogen and oxygen atoms in total. The molecule has 0 radical (unpaired) electrons. The highest BCUT2D eigenvalue weighted by Crippen LogP contribution is 2.18. The van der Waals surface area contributed by atoms with Gasteiger partial charge in [-0.15, -0.1) is 0 Å². The third-order valence-electron chi connectivity index (χ3n) is 3.58. The number of hydrogen-bond acceptors (Lipinski definition) is 5. The van der Waals surface area contributed by atoms with E-state index in [1.54, 1.807) is 13.0 Å². The van der Waals surface area contributed by atoms with Crippen LogP contribution in [0.25, 0.3) is 0 Å². The van der Waals surface area contributed by atoms with E-state index >= 15 is 0 Å². The van der Waals surface area contributed by atoms with Gasteiger partial charge in [0.2, 0.25) is 0 Å². The van der Waals surface area contributed by atoms with Crippen LogP contribution < -0.4 is 10.6 Å². The van der Waals surface area contributed by atoms with Crippen molar-refractivity contribution in [2.24, 2.45) is 0 Å². The number of hydrogen-bond donors (Lipinski definition) is 2. The molecule has 1 aromatic carbocycles. The Morgan fingerprint density at radius 3 is 2.76 bits per heavy atom. The summed E-state index contributed by atoms with van der Waals surface area (Å²) < 4.78 is 0. The highest BCUT2D eigenvalue weighted by atomic mass is 16.6. The number of aryl methyl sites for hydroxylation is 1. The molecule has 0 atom stereocenters. The molecule has 2 rings (SSSR count). The van der Waals surface area contributed by atoms with Gasteiger partial charge >= 0.3 is 0 Å². The third-order valence-corrected chi connectivity index (χ3v) is 3.58. The number of nitro benzene ring substituents is 1. The van der Waals surface area contributed by atoms with Crippen LogP contribution in [0.3, 0.4) is 0 Å². The molecule has 114 valence electrons. The fourth-order valence-electron chi connectivity index (χ4n) is 2.37. The number of carbonyl (C=O) groups is 1. The summed E-state index contributed by atoms with van der Waals surface area (Å²) in [6.45, 7) is 6.98. The van der Waals surface area contributed by atoms with Crippen LogP contribution in [0.5, 0.6) is 0 Å². The predicted molar refractivity (Wildman–Crippen MR) is 79.5 cm³/mol. The summed E-state index contributed by atoms with van der Waals surface area (Å²) >= 11 is 0. The Morgan fingerprint density at radius 1 is 1.43 bits per heavy atom. The van der Waals surface area contributed by atoms with Crippen molar-refractivity contribution in [1.29, 1.82) is 0 Å². The van der Waals surface area contributed by atoms with Gasteiger partial charge in [-0.2, -0.15) is 0 Å². The zero-order chi connectivity index (χ0) is 15.2. The number of piperazine rings is 1.